The highest BCUT2D eigenvalue weighted by Gasteiger charge is 2.04. The van der Waals surface area contributed by atoms with Crippen LogP contribution < -0.4 is 0 Å². The number of hydrogen-bond donors (Lipinski definition) is 0. The third kappa shape index (κ3) is 6.17. The molecule has 0 amide bonds. The molecule has 0 bridgehead atoms. The largest absolute Gasteiger partial charge is 0.451 e. The summed E-state index contributed by atoms with van der Waals surface area (Å²) in [5.74, 6) is 0.587. The van der Waals surface area contributed by atoms with Gasteiger partial charge in [-0.25, -0.2) is 4.79 Å². The van der Waals surface area contributed by atoms with Gasteiger partial charge in [-0.05, 0) is 19.8 Å². The fraction of sp³-hybridized carbons (Fsp3) is 0.833. The van der Waals surface area contributed by atoms with Gasteiger partial charge in [0.2, 0.25) is 0 Å². The normalized spacial score (nSPS) is 12.7. The Hall–Kier alpha value is 0.0500. The summed E-state index contributed by atoms with van der Waals surface area (Å²) < 4.78 is 4.62. The van der Waals surface area contributed by atoms with Crippen LogP contribution in [-0.4, -0.2) is 17.4 Å². The van der Waals surface area contributed by atoms with Gasteiger partial charge < -0.3 is 4.74 Å². The Morgan fingerprint density at radius 1 is 1.70 bits per heavy atom. The zero-order valence-corrected chi connectivity index (χ0v) is 7.28. The summed E-state index contributed by atoms with van der Waals surface area (Å²) in [6, 6.07) is 0. The molecule has 0 aliphatic heterocycles. The lowest BCUT2D eigenvalue weighted by atomic mass is 10.2. The molecule has 0 aliphatic rings. The van der Waals surface area contributed by atoms with Crippen molar-refractivity contribution in [3.8, 4) is 0 Å². The van der Waals surface area contributed by atoms with Gasteiger partial charge in [0.05, 0.1) is 0 Å². The summed E-state index contributed by atoms with van der Waals surface area (Å²) in [4.78, 5) is 10.1. The van der Waals surface area contributed by atoms with Crippen molar-refractivity contribution in [1.82, 2.24) is 0 Å². The first kappa shape index (κ1) is 10.0. The van der Waals surface area contributed by atoms with Crippen molar-refractivity contribution in [2.75, 3.05) is 5.88 Å². The number of alkyl halides is 1. The summed E-state index contributed by atoms with van der Waals surface area (Å²) in [6.07, 6.45) is 1.48. The maximum absolute atomic E-state index is 10.1. The van der Waals surface area contributed by atoms with E-state index in [9.17, 15) is 4.79 Å². The van der Waals surface area contributed by atoms with Gasteiger partial charge in [-0.2, -0.15) is 0 Å². The summed E-state index contributed by atoms with van der Waals surface area (Å²) in [5, 5.41) is 0. The van der Waals surface area contributed by atoms with Crippen molar-refractivity contribution in [1.29, 1.82) is 0 Å². The average Bonchev–Trinajstić information content (AvgIpc) is 1.82. The minimum Gasteiger partial charge on any atom is -0.451 e. The van der Waals surface area contributed by atoms with Crippen LogP contribution in [-0.2, 0) is 4.74 Å². The van der Waals surface area contributed by atoms with Gasteiger partial charge in [0.1, 0.15) is 6.10 Å². The van der Waals surface area contributed by atoms with Gasteiger partial charge in [-0.3, -0.25) is 0 Å². The zero-order chi connectivity index (χ0) is 7.98. The molecule has 10 heavy (non-hydrogen) atoms. The van der Waals surface area contributed by atoms with Gasteiger partial charge in [0.15, 0.2) is 0 Å². The molecule has 0 N–H and O–H groups in total. The molecule has 0 radical (unpaired) electrons. The molecule has 1 atom stereocenters. The highest BCUT2D eigenvalue weighted by Crippen LogP contribution is 2.04. The van der Waals surface area contributed by atoms with Gasteiger partial charge in [0, 0.05) is 17.5 Å². The number of hydrogen-bond acceptors (Lipinski definition) is 2. The van der Waals surface area contributed by atoms with Crippen molar-refractivity contribution in [3.05, 3.63) is 0 Å². The molecule has 0 aliphatic carbocycles. The van der Waals surface area contributed by atoms with Crippen LogP contribution in [0.25, 0.3) is 0 Å². The van der Waals surface area contributed by atoms with E-state index in [1.807, 2.05) is 0 Å². The molecule has 4 heteroatoms. The molecule has 2 nitrogen and oxygen atoms in total. The van der Waals surface area contributed by atoms with Crippen LogP contribution in [0, 0.1) is 0 Å². The van der Waals surface area contributed by atoms with E-state index in [-0.39, 0.29) is 6.10 Å². The molecule has 0 saturated carbocycles. The maximum atomic E-state index is 10.1. The van der Waals surface area contributed by atoms with Crippen molar-refractivity contribution in [2.24, 2.45) is 0 Å². The quantitative estimate of drug-likeness (QED) is 0.497. The molecule has 0 saturated heterocycles. The molecule has 0 rings (SSSR count). The van der Waals surface area contributed by atoms with E-state index in [1.54, 1.807) is 6.92 Å². The number of halogens is 2. The molecular formula is C6H10Cl2O2. The first-order valence-corrected chi connectivity index (χ1v) is 4.00. The van der Waals surface area contributed by atoms with Crippen LogP contribution in [0.5, 0.6) is 0 Å². The second kappa shape index (κ2) is 5.81. The highest BCUT2D eigenvalue weighted by molar-refractivity contribution is 6.61. The maximum Gasteiger partial charge on any atom is 0.404 e. The minimum atomic E-state index is -0.748. The van der Waals surface area contributed by atoms with Crippen molar-refractivity contribution in [3.63, 3.8) is 0 Å². The van der Waals surface area contributed by atoms with E-state index >= 15 is 0 Å². The summed E-state index contributed by atoms with van der Waals surface area (Å²) >= 11 is 10.4. The number of carbonyl (C=O) groups excluding carboxylic acids is 1. The Bertz CT molecular complexity index is 106. The lowest BCUT2D eigenvalue weighted by molar-refractivity contribution is 0.126. The molecule has 1 unspecified atom stereocenters. The predicted molar refractivity (Wildman–Crippen MR) is 41.8 cm³/mol. The third-order valence-electron chi connectivity index (χ3n) is 1.04. The third-order valence-corrected chi connectivity index (χ3v) is 1.39. The van der Waals surface area contributed by atoms with Gasteiger partial charge in [0.25, 0.3) is 0 Å². The number of ether oxygens (including phenoxy) is 1. The molecule has 0 aromatic heterocycles. The van der Waals surface area contributed by atoms with E-state index in [1.165, 1.54) is 0 Å². The van der Waals surface area contributed by atoms with E-state index in [0.717, 1.165) is 12.8 Å². The van der Waals surface area contributed by atoms with Crippen LogP contribution in [0.1, 0.15) is 19.8 Å². The molecule has 0 fully saturated rings. The molecule has 0 aromatic rings. The SMILES string of the molecule is CC(CCCCl)OC(=O)Cl. The van der Waals surface area contributed by atoms with Crippen LogP contribution in [0.4, 0.5) is 4.79 Å². The second-order valence-electron chi connectivity index (χ2n) is 2.00. The highest BCUT2D eigenvalue weighted by atomic mass is 35.5. The van der Waals surface area contributed by atoms with Crippen molar-refractivity contribution < 1.29 is 9.53 Å². The summed E-state index contributed by atoms with van der Waals surface area (Å²) in [6.45, 7) is 1.78. The first-order valence-electron chi connectivity index (χ1n) is 3.09. The molecule has 0 heterocycles. The lowest BCUT2D eigenvalue weighted by Crippen LogP contribution is -2.09. The van der Waals surface area contributed by atoms with Crippen LogP contribution >= 0.6 is 23.2 Å². The Kier molecular flexibility index (Phi) is 5.84. The first-order chi connectivity index (χ1) is 4.66. The molecule has 0 aromatic carbocycles. The van der Waals surface area contributed by atoms with Crippen molar-refractivity contribution in [2.45, 2.75) is 25.9 Å². The van der Waals surface area contributed by atoms with E-state index in [0.29, 0.717) is 5.88 Å². The fourth-order valence-electron chi connectivity index (χ4n) is 0.582. The van der Waals surface area contributed by atoms with E-state index < -0.39 is 5.43 Å². The minimum absolute atomic E-state index is 0.122. The molecular weight excluding hydrogens is 175 g/mol. The topological polar surface area (TPSA) is 26.3 Å². The van der Waals surface area contributed by atoms with Crippen LogP contribution in [0.2, 0.25) is 0 Å². The Labute approximate surface area is 70.4 Å². The zero-order valence-electron chi connectivity index (χ0n) is 5.77. The van der Waals surface area contributed by atoms with Gasteiger partial charge >= 0.3 is 5.43 Å². The smallest absolute Gasteiger partial charge is 0.404 e. The predicted octanol–water partition coefficient (Wildman–Crippen LogP) is 2.77. The second-order valence-corrected chi connectivity index (χ2v) is 2.68. The molecule has 60 valence electrons. The fourth-order valence-corrected chi connectivity index (χ4v) is 0.888. The van der Waals surface area contributed by atoms with E-state index in [4.69, 9.17) is 23.2 Å². The number of carbonyl (C=O) groups is 1. The van der Waals surface area contributed by atoms with Crippen molar-refractivity contribution >= 4 is 28.6 Å². The number of rotatable bonds is 4. The van der Waals surface area contributed by atoms with Crippen LogP contribution in [0.15, 0.2) is 0 Å². The van der Waals surface area contributed by atoms with Gasteiger partial charge in [-0.1, -0.05) is 0 Å². The summed E-state index contributed by atoms with van der Waals surface area (Å²) in [7, 11) is 0. The van der Waals surface area contributed by atoms with E-state index in [2.05, 4.69) is 4.74 Å². The standard InChI is InChI=1S/C6H10Cl2O2/c1-5(3-2-4-7)10-6(8)9/h5H,2-4H2,1H3. The molecule has 0 spiro atoms. The van der Waals surface area contributed by atoms with Gasteiger partial charge in [-0.15, -0.1) is 11.6 Å². The Morgan fingerprint density at radius 3 is 2.70 bits per heavy atom. The lowest BCUT2D eigenvalue weighted by Gasteiger charge is -2.08. The summed E-state index contributed by atoms with van der Waals surface area (Å²) in [5.41, 5.74) is -0.748. The average molecular weight is 185 g/mol. The monoisotopic (exact) mass is 184 g/mol. The Morgan fingerprint density at radius 2 is 2.30 bits per heavy atom. The van der Waals surface area contributed by atoms with Crippen LogP contribution in [0.3, 0.4) is 0 Å². The Balaban J connectivity index is 3.25.